The van der Waals surface area contributed by atoms with Crippen LogP contribution in [0.1, 0.15) is 38.5 Å². The molecule has 0 heterocycles. The van der Waals surface area contributed by atoms with Gasteiger partial charge in [0, 0.05) is 0 Å². The number of hydrogen-bond acceptors (Lipinski definition) is 3. The highest BCUT2D eigenvalue weighted by atomic mass is 16.5. The fraction of sp³-hybridized carbons (Fsp3) is 0.900. The van der Waals surface area contributed by atoms with Crippen molar-refractivity contribution in [2.45, 2.75) is 50.7 Å². The molecule has 0 radical (unpaired) electrons. The lowest BCUT2D eigenvalue weighted by Gasteiger charge is -2.15. The molecule has 3 nitrogen and oxygen atoms in total. The first-order valence-electron chi connectivity index (χ1n) is 5.09. The first-order chi connectivity index (χ1) is 6.33. The summed E-state index contributed by atoms with van der Waals surface area (Å²) in [4.78, 5) is 0. The fourth-order valence-corrected chi connectivity index (χ4v) is 1.69. The van der Waals surface area contributed by atoms with E-state index < -0.39 is 6.04 Å². The second kappa shape index (κ2) is 5.95. The standard InChI is InChI=1S/C10H18N2O/c11-7-9(12)8-13-10-5-3-1-2-4-6-10/h9-10H,1-6,8,12H2. The summed E-state index contributed by atoms with van der Waals surface area (Å²) in [5.74, 6) is 0. The normalized spacial score (nSPS) is 21.8. The zero-order valence-corrected chi connectivity index (χ0v) is 8.04. The molecule has 1 aliphatic carbocycles. The second-order valence-electron chi connectivity index (χ2n) is 3.68. The second-order valence-corrected chi connectivity index (χ2v) is 3.68. The molecule has 13 heavy (non-hydrogen) atoms. The van der Waals surface area contributed by atoms with E-state index in [1.165, 1.54) is 25.7 Å². The van der Waals surface area contributed by atoms with Gasteiger partial charge in [-0.2, -0.15) is 5.26 Å². The van der Waals surface area contributed by atoms with Gasteiger partial charge < -0.3 is 10.5 Å². The van der Waals surface area contributed by atoms with Crippen LogP contribution in [-0.4, -0.2) is 18.8 Å². The highest BCUT2D eigenvalue weighted by Crippen LogP contribution is 2.19. The van der Waals surface area contributed by atoms with Gasteiger partial charge in [-0.05, 0) is 12.8 Å². The molecule has 3 heteroatoms. The molecule has 0 aromatic rings. The van der Waals surface area contributed by atoms with Crippen LogP contribution in [0.3, 0.4) is 0 Å². The summed E-state index contributed by atoms with van der Waals surface area (Å²) in [6, 6.07) is 1.52. The molecular weight excluding hydrogens is 164 g/mol. The Morgan fingerprint density at radius 1 is 1.31 bits per heavy atom. The van der Waals surface area contributed by atoms with Crippen LogP contribution in [0, 0.1) is 11.3 Å². The molecule has 0 amide bonds. The van der Waals surface area contributed by atoms with Crippen LogP contribution in [-0.2, 0) is 4.74 Å². The summed E-state index contributed by atoms with van der Waals surface area (Å²) < 4.78 is 5.57. The summed E-state index contributed by atoms with van der Waals surface area (Å²) in [5, 5.41) is 8.46. The van der Waals surface area contributed by atoms with E-state index in [-0.39, 0.29) is 0 Å². The molecule has 1 saturated carbocycles. The zero-order chi connectivity index (χ0) is 9.52. The van der Waals surface area contributed by atoms with Gasteiger partial charge in [-0.3, -0.25) is 0 Å². The van der Waals surface area contributed by atoms with E-state index in [1.54, 1.807) is 0 Å². The van der Waals surface area contributed by atoms with Gasteiger partial charge in [0.15, 0.2) is 0 Å². The molecule has 1 aliphatic rings. The van der Waals surface area contributed by atoms with E-state index in [0.29, 0.717) is 12.7 Å². The fourth-order valence-electron chi connectivity index (χ4n) is 1.69. The summed E-state index contributed by atoms with van der Waals surface area (Å²) in [5.41, 5.74) is 5.44. The van der Waals surface area contributed by atoms with Crippen molar-refractivity contribution >= 4 is 0 Å². The maximum absolute atomic E-state index is 8.46. The van der Waals surface area contributed by atoms with Crippen molar-refractivity contribution in [2.75, 3.05) is 6.61 Å². The summed E-state index contributed by atoms with van der Waals surface area (Å²) >= 11 is 0. The van der Waals surface area contributed by atoms with E-state index in [2.05, 4.69) is 0 Å². The molecule has 1 atom stereocenters. The van der Waals surface area contributed by atoms with E-state index in [4.69, 9.17) is 15.7 Å². The molecule has 74 valence electrons. The van der Waals surface area contributed by atoms with Crippen LogP contribution in [0.2, 0.25) is 0 Å². The minimum atomic E-state index is -0.455. The Kier molecular flexibility index (Phi) is 4.81. The van der Waals surface area contributed by atoms with Crippen LogP contribution in [0.15, 0.2) is 0 Å². The maximum atomic E-state index is 8.46. The highest BCUT2D eigenvalue weighted by Gasteiger charge is 2.13. The van der Waals surface area contributed by atoms with E-state index >= 15 is 0 Å². The molecule has 0 spiro atoms. The third kappa shape index (κ3) is 4.25. The minimum absolute atomic E-state index is 0.349. The first-order valence-corrected chi connectivity index (χ1v) is 5.09. The van der Waals surface area contributed by atoms with E-state index in [0.717, 1.165) is 12.8 Å². The molecule has 0 aromatic carbocycles. The van der Waals surface area contributed by atoms with Gasteiger partial charge in [-0.25, -0.2) is 0 Å². The smallest absolute Gasteiger partial charge is 0.116 e. The number of nitriles is 1. The van der Waals surface area contributed by atoms with Gasteiger partial charge in [-0.15, -0.1) is 0 Å². The average molecular weight is 182 g/mol. The number of nitrogens with two attached hydrogens (primary N) is 1. The van der Waals surface area contributed by atoms with Crippen LogP contribution < -0.4 is 5.73 Å². The van der Waals surface area contributed by atoms with Gasteiger partial charge >= 0.3 is 0 Å². The van der Waals surface area contributed by atoms with Crippen molar-refractivity contribution in [2.24, 2.45) is 5.73 Å². The average Bonchev–Trinajstić information content (AvgIpc) is 2.42. The van der Waals surface area contributed by atoms with Gasteiger partial charge in [0.25, 0.3) is 0 Å². The molecule has 0 saturated heterocycles. The van der Waals surface area contributed by atoms with Crippen molar-refractivity contribution in [3.8, 4) is 6.07 Å². The van der Waals surface area contributed by atoms with Crippen molar-refractivity contribution in [3.05, 3.63) is 0 Å². The Labute approximate surface area is 79.9 Å². The Morgan fingerprint density at radius 3 is 2.46 bits per heavy atom. The Balaban J connectivity index is 2.16. The Bertz CT molecular complexity index is 168. The van der Waals surface area contributed by atoms with Crippen LogP contribution in [0.4, 0.5) is 0 Å². The maximum Gasteiger partial charge on any atom is 0.116 e. The largest absolute Gasteiger partial charge is 0.375 e. The first kappa shape index (κ1) is 10.5. The topological polar surface area (TPSA) is 59.0 Å². The molecular formula is C10H18N2O. The number of nitrogens with zero attached hydrogens (tertiary/aromatic N) is 1. The lowest BCUT2D eigenvalue weighted by atomic mass is 10.1. The SMILES string of the molecule is N#CC(N)COC1CCCCCC1. The summed E-state index contributed by atoms with van der Waals surface area (Å²) in [6.45, 7) is 0.390. The third-order valence-electron chi connectivity index (χ3n) is 2.48. The number of rotatable bonds is 3. The zero-order valence-electron chi connectivity index (χ0n) is 8.04. The lowest BCUT2D eigenvalue weighted by molar-refractivity contribution is 0.0412. The van der Waals surface area contributed by atoms with Crippen LogP contribution in [0.5, 0.6) is 0 Å². The van der Waals surface area contributed by atoms with Gasteiger partial charge in [0.05, 0.1) is 18.8 Å². The lowest BCUT2D eigenvalue weighted by Crippen LogP contribution is -2.27. The monoisotopic (exact) mass is 182 g/mol. The molecule has 2 N–H and O–H groups in total. The molecule has 0 bridgehead atoms. The molecule has 1 rings (SSSR count). The third-order valence-corrected chi connectivity index (χ3v) is 2.48. The van der Waals surface area contributed by atoms with Crippen molar-refractivity contribution < 1.29 is 4.74 Å². The Hall–Kier alpha value is -0.590. The van der Waals surface area contributed by atoms with Crippen LogP contribution in [0.25, 0.3) is 0 Å². The minimum Gasteiger partial charge on any atom is -0.375 e. The predicted molar refractivity (Wildman–Crippen MR) is 51.0 cm³/mol. The molecule has 0 aromatic heterocycles. The van der Waals surface area contributed by atoms with Crippen molar-refractivity contribution in [3.63, 3.8) is 0 Å². The molecule has 1 fully saturated rings. The van der Waals surface area contributed by atoms with Crippen molar-refractivity contribution in [1.29, 1.82) is 5.26 Å². The summed E-state index contributed by atoms with van der Waals surface area (Å²) in [7, 11) is 0. The van der Waals surface area contributed by atoms with Gasteiger partial charge in [0.1, 0.15) is 6.04 Å². The Morgan fingerprint density at radius 2 is 1.92 bits per heavy atom. The number of ether oxygens (including phenoxy) is 1. The summed E-state index contributed by atoms with van der Waals surface area (Å²) in [6.07, 6.45) is 7.78. The van der Waals surface area contributed by atoms with E-state index in [9.17, 15) is 0 Å². The number of hydrogen-bond donors (Lipinski definition) is 1. The van der Waals surface area contributed by atoms with Gasteiger partial charge in [-0.1, -0.05) is 25.7 Å². The van der Waals surface area contributed by atoms with Gasteiger partial charge in [0.2, 0.25) is 0 Å². The van der Waals surface area contributed by atoms with Crippen molar-refractivity contribution in [1.82, 2.24) is 0 Å². The molecule has 1 unspecified atom stereocenters. The van der Waals surface area contributed by atoms with E-state index in [1.807, 2.05) is 6.07 Å². The van der Waals surface area contributed by atoms with Crippen LogP contribution >= 0.6 is 0 Å². The predicted octanol–water partition coefficient (Wildman–Crippen LogP) is 1.58. The molecule has 0 aliphatic heterocycles. The highest BCUT2D eigenvalue weighted by molar-refractivity contribution is 4.86. The quantitative estimate of drug-likeness (QED) is 0.674.